The largest absolute Gasteiger partial charge is 0.482 e. The van der Waals surface area contributed by atoms with Crippen molar-refractivity contribution in [1.29, 1.82) is 0 Å². The number of nitrogens with one attached hydrogen (secondary N) is 1. The average Bonchev–Trinajstić information content (AvgIpc) is 3.05. The van der Waals surface area contributed by atoms with Gasteiger partial charge in [-0.3, -0.25) is 9.78 Å². The van der Waals surface area contributed by atoms with Crippen molar-refractivity contribution in [2.45, 2.75) is 56.2 Å². The zero-order valence-electron chi connectivity index (χ0n) is 16.0. The minimum absolute atomic E-state index is 0.0864. The summed E-state index contributed by atoms with van der Waals surface area (Å²) in [5.74, 6) is 0.891. The highest BCUT2D eigenvalue weighted by molar-refractivity contribution is 7.88. The Bertz CT molecular complexity index is 823. The van der Waals surface area contributed by atoms with Gasteiger partial charge in [0.25, 0.3) is 5.91 Å². The van der Waals surface area contributed by atoms with Crippen LogP contribution in [0.2, 0.25) is 0 Å². The lowest BCUT2D eigenvalue weighted by Gasteiger charge is -2.32. The molecular formula is C19H27N3O5S. The SMILES string of the molecule is CS(=O)(=O)N[C@H]1CCN2C(=O)COc3cnccc3C3CCC(CC3)OC[C@@H]12. The number of hydrogen-bond acceptors (Lipinski definition) is 6. The first-order valence-electron chi connectivity index (χ1n) is 9.86. The molecule has 2 bridgehead atoms. The molecule has 3 aliphatic heterocycles. The van der Waals surface area contributed by atoms with Gasteiger partial charge >= 0.3 is 0 Å². The van der Waals surface area contributed by atoms with Gasteiger partial charge in [0.1, 0.15) is 5.75 Å². The van der Waals surface area contributed by atoms with Crippen LogP contribution in [-0.4, -0.2) is 68.4 Å². The number of pyridine rings is 1. The molecule has 2 fully saturated rings. The van der Waals surface area contributed by atoms with E-state index in [1.807, 2.05) is 6.07 Å². The highest BCUT2D eigenvalue weighted by atomic mass is 32.2. The maximum Gasteiger partial charge on any atom is 0.260 e. The average molecular weight is 410 g/mol. The van der Waals surface area contributed by atoms with E-state index in [1.54, 1.807) is 17.3 Å². The van der Waals surface area contributed by atoms with Crippen LogP contribution in [0.25, 0.3) is 0 Å². The van der Waals surface area contributed by atoms with Crippen LogP contribution in [0.15, 0.2) is 18.5 Å². The standard InChI is InChI=1S/C19H27N3O5S/c1-28(24,25)21-16-7-9-22-17(16)11-26-14-4-2-13(3-5-14)15-6-8-20-10-18(15)27-12-19(22)23/h6,8,10,13-14,16-17,21H,2-5,7,9,11-12H2,1H3/t13?,14?,16-,17-/m0/s1. The summed E-state index contributed by atoms with van der Waals surface area (Å²) < 4.78 is 38.2. The number of amides is 1. The van der Waals surface area contributed by atoms with Crippen LogP contribution < -0.4 is 9.46 Å². The third-order valence-electron chi connectivity index (χ3n) is 6.02. The summed E-state index contributed by atoms with van der Waals surface area (Å²) in [7, 11) is -3.37. The van der Waals surface area contributed by atoms with Crippen molar-refractivity contribution in [2.24, 2.45) is 0 Å². The fourth-order valence-corrected chi connectivity index (χ4v) is 5.45. The van der Waals surface area contributed by atoms with Crippen LogP contribution in [0.3, 0.4) is 0 Å². The predicted octanol–water partition coefficient (Wildman–Crippen LogP) is 1.04. The Kier molecular flexibility index (Phi) is 5.57. The van der Waals surface area contributed by atoms with Gasteiger partial charge in [-0.05, 0) is 44.1 Å². The molecule has 8 nitrogen and oxygen atoms in total. The van der Waals surface area contributed by atoms with Gasteiger partial charge in [-0.25, -0.2) is 13.1 Å². The third-order valence-corrected chi connectivity index (χ3v) is 6.75. The van der Waals surface area contributed by atoms with Crippen molar-refractivity contribution < 1.29 is 22.7 Å². The number of hydrogen-bond donors (Lipinski definition) is 1. The van der Waals surface area contributed by atoms with Crippen LogP contribution in [0.1, 0.15) is 43.6 Å². The van der Waals surface area contributed by atoms with Gasteiger partial charge in [0.15, 0.2) is 6.61 Å². The van der Waals surface area contributed by atoms with Gasteiger partial charge in [-0.1, -0.05) is 0 Å². The molecule has 0 radical (unpaired) electrons. The molecule has 9 heteroatoms. The first kappa shape index (κ1) is 19.6. The molecule has 1 aromatic heterocycles. The number of rotatable bonds is 2. The number of sulfonamides is 1. The van der Waals surface area contributed by atoms with Crippen LogP contribution in [0, 0.1) is 0 Å². The maximum absolute atomic E-state index is 12.8. The van der Waals surface area contributed by atoms with Crippen molar-refractivity contribution >= 4 is 15.9 Å². The molecule has 0 aromatic carbocycles. The molecule has 0 spiro atoms. The Morgan fingerprint density at radius 3 is 2.75 bits per heavy atom. The fourth-order valence-electron chi connectivity index (χ4n) is 4.63. The van der Waals surface area contributed by atoms with Gasteiger partial charge in [0.2, 0.25) is 10.0 Å². The zero-order valence-corrected chi connectivity index (χ0v) is 16.9. The lowest BCUT2D eigenvalue weighted by atomic mass is 9.82. The molecule has 1 N–H and O–H groups in total. The number of fused-ring (bicyclic) bond motifs is 5. The number of aromatic nitrogens is 1. The van der Waals surface area contributed by atoms with E-state index in [-0.39, 0.29) is 30.7 Å². The lowest BCUT2D eigenvalue weighted by molar-refractivity contribution is -0.136. The van der Waals surface area contributed by atoms with Gasteiger partial charge in [0.05, 0.1) is 31.2 Å². The summed E-state index contributed by atoms with van der Waals surface area (Å²) in [6, 6.07) is 1.32. The van der Waals surface area contributed by atoms with Crippen LogP contribution >= 0.6 is 0 Å². The van der Waals surface area contributed by atoms with Crippen LogP contribution in [0.4, 0.5) is 0 Å². The highest BCUT2D eigenvalue weighted by Crippen LogP contribution is 2.38. The second kappa shape index (κ2) is 7.96. The number of nitrogens with zero attached hydrogens (tertiary/aromatic N) is 2. The molecule has 2 atom stereocenters. The van der Waals surface area contributed by atoms with Crippen LogP contribution in [-0.2, 0) is 19.6 Å². The van der Waals surface area contributed by atoms with Gasteiger partial charge in [-0.2, -0.15) is 0 Å². The Morgan fingerprint density at radius 1 is 1.21 bits per heavy atom. The van der Waals surface area contributed by atoms with E-state index in [0.29, 0.717) is 31.2 Å². The monoisotopic (exact) mass is 409 g/mol. The molecule has 4 aliphatic rings. The van der Waals surface area contributed by atoms with E-state index in [2.05, 4.69) is 9.71 Å². The quantitative estimate of drug-likeness (QED) is 0.784. The second-order valence-corrected chi connectivity index (χ2v) is 9.73. The molecule has 154 valence electrons. The summed E-state index contributed by atoms with van der Waals surface area (Å²) in [6.45, 7) is 0.732. The Balaban J connectivity index is 1.59. The summed E-state index contributed by atoms with van der Waals surface area (Å²) >= 11 is 0. The van der Waals surface area contributed by atoms with Gasteiger partial charge < -0.3 is 14.4 Å². The van der Waals surface area contributed by atoms with Crippen LogP contribution in [0.5, 0.6) is 5.75 Å². The molecule has 1 saturated heterocycles. The normalized spacial score (nSPS) is 31.2. The number of ether oxygens (including phenoxy) is 2. The third kappa shape index (κ3) is 4.31. The van der Waals surface area contributed by atoms with E-state index < -0.39 is 10.0 Å². The van der Waals surface area contributed by atoms with Crippen molar-refractivity contribution in [3.05, 3.63) is 24.0 Å². The Morgan fingerprint density at radius 2 is 2.00 bits per heavy atom. The maximum atomic E-state index is 12.8. The molecular weight excluding hydrogens is 382 g/mol. The summed E-state index contributed by atoms with van der Waals surface area (Å²) in [5.41, 5.74) is 1.11. The second-order valence-electron chi connectivity index (χ2n) is 7.95. The lowest BCUT2D eigenvalue weighted by Crippen LogP contribution is -2.50. The Hall–Kier alpha value is -1.71. The summed E-state index contributed by atoms with van der Waals surface area (Å²) in [6.07, 6.45) is 9.18. The summed E-state index contributed by atoms with van der Waals surface area (Å²) in [4.78, 5) is 18.7. The summed E-state index contributed by atoms with van der Waals surface area (Å²) in [5, 5.41) is 0. The Labute approximate surface area is 165 Å². The molecule has 1 aromatic rings. The molecule has 5 rings (SSSR count). The number of carbonyl (C=O) groups excluding carboxylic acids is 1. The molecule has 0 unspecified atom stereocenters. The van der Waals surface area contributed by atoms with Gasteiger partial charge in [-0.15, -0.1) is 0 Å². The molecule has 1 aliphatic carbocycles. The van der Waals surface area contributed by atoms with Crippen molar-refractivity contribution in [3.63, 3.8) is 0 Å². The minimum atomic E-state index is -3.37. The number of carbonyl (C=O) groups is 1. The molecule has 1 amide bonds. The fraction of sp³-hybridized carbons (Fsp3) is 0.684. The van der Waals surface area contributed by atoms with Crippen molar-refractivity contribution in [3.8, 4) is 5.75 Å². The van der Waals surface area contributed by atoms with E-state index in [1.165, 1.54) is 0 Å². The zero-order chi connectivity index (χ0) is 19.7. The molecule has 4 heterocycles. The molecule has 28 heavy (non-hydrogen) atoms. The smallest absolute Gasteiger partial charge is 0.260 e. The predicted molar refractivity (Wildman–Crippen MR) is 103 cm³/mol. The van der Waals surface area contributed by atoms with Crippen molar-refractivity contribution in [2.75, 3.05) is 26.0 Å². The minimum Gasteiger partial charge on any atom is -0.482 e. The van der Waals surface area contributed by atoms with E-state index in [0.717, 1.165) is 37.5 Å². The van der Waals surface area contributed by atoms with Crippen molar-refractivity contribution in [1.82, 2.24) is 14.6 Å². The van der Waals surface area contributed by atoms with Gasteiger partial charge in [0, 0.05) is 24.3 Å². The van der Waals surface area contributed by atoms with E-state index in [9.17, 15) is 13.2 Å². The topological polar surface area (TPSA) is 97.8 Å². The van der Waals surface area contributed by atoms with E-state index in [4.69, 9.17) is 9.47 Å². The van der Waals surface area contributed by atoms with E-state index >= 15 is 0 Å². The first-order valence-corrected chi connectivity index (χ1v) is 11.7. The molecule has 1 saturated carbocycles. The highest BCUT2D eigenvalue weighted by Gasteiger charge is 2.39. The first-order chi connectivity index (χ1) is 13.4.